The highest BCUT2D eigenvalue weighted by atomic mass is 32.2. The zero-order chi connectivity index (χ0) is 17.5. The Labute approximate surface area is 140 Å². The molecule has 2 aliphatic heterocycles. The van der Waals surface area contributed by atoms with Gasteiger partial charge in [-0.1, -0.05) is 0 Å². The maximum atomic E-state index is 11.4. The summed E-state index contributed by atoms with van der Waals surface area (Å²) in [5.74, 6) is 0. The Morgan fingerprint density at radius 1 is 1.42 bits per heavy atom. The molecule has 9 nitrogen and oxygen atoms in total. The SMILES string of the molecule is CN(c1ccc(S(N)(=O)=O)cc1[N+](=O)[O-])[C@H]1CCN(C2COC2)C1. The number of rotatable bonds is 5. The molecular formula is C14H20N4O5S. The van der Waals surface area contributed by atoms with Crippen LogP contribution in [0, 0.1) is 10.1 Å². The number of nitro benzene ring substituents is 1. The quantitative estimate of drug-likeness (QED) is 0.589. The van der Waals surface area contributed by atoms with Crippen LogP contribution in [0.3, 0.4) is 0 Å². The number of hydrogen-bond donors (Lipinski definition) is 1. The molecule has 1 aromatic rings. The predicted molar refractivity (Wildman–Crippen MR) is 87.5 cm³/mol. The fourth-order valence-electron chi connectivity index (χ4n) is 3.17. The number of primary sulfonamides is 1. The van der Waals surface area contributed by atoms with Crippen molar-refractivity contribution in [2.45, 2.75) is 23.4 Å². The van der Waals surface area contributed by atoms with Crippen LogP contribution in [0.5, 0.6) is 0 Å². The monoisotopic (exact) mass is 356 g/mol. The maximum absolute atomic E-state index is 11.4. The van der Waals surface area contributed by atoms with Gasteiger partial charge in [-0.05, 0) is 18.6 Å². The first-order valence-corrected chi connectivity index (χ1v) is 9.18. The summed E-state index contributed by atoms with van der Waals surface area (Å²) in [6, 6.07) is 4.34. The third-order valence-corrected chi connectivity index (χ3v) is 5.64. The van der Waals surface area contributed by atoms with E-state index < -0.39 is 14.9 Å². The molecule has 0 spiro atoms. The average Bonchev–Trinajstić information content (AvgIpc) is 2.92. The second kappa shape index (κ2) is 6.28. The van der Waals surface area contributed by atoms with Gasteiger partial charge in [-0.25, -0.2) is 13.6 Å². The van der Waals surface area contributed by atoms with Crippen LogP contribution in [0.15, 0.2) is 23.1 Å². The maximum Gasteiger partial charge on any atom is 0.293 e. The van der Waals surface area contributed by atoms with Crippen molar-refractivity contribution in [2.75, 3.05) is 38.3 Å². The van der Waals surface area contributed by atoms with E-state index in [2.05, 4.69) is 4.90 Å². The minimum Gasteiger partial charge on any atom is -0.378 e. The molecule has 2 saturated heterocycles. The number of likely N-dealkylation sites (tertiary alicyclic amines) is 1. The summed E-state index contributed by atoms with van der Waals surface area (Å²) in [6.45, 7) is 3.20. The third kappa shape index (κ3) is 3.22. The van der Waals surface area contributed by atoms with E-state index in [1.165, 1.54) is 12.1 Å². The van der Waals surface area contributed by atoms with E-state index in [0.717, 1.165) is 38.8 Å². The van der Waals surface area contributed by atoms with Gasteiger partial charge in [0.15, 0.2) is 0 Å². The zero-order valence-corrected chi connectivity index (χ0v) is 14.1. The molecule has 132 valence electrons. The van der Waals surface area contributed by atoms with Crippen LogP contribution >= 0.6 is 0 Å². The highest BCUT2D eigenvalue weighted by Gasteiger charge is 2.35. The average molecular weight is 356 g/mol. The molecule has 0 amide bonds. The summed E-state index contributed by atoms with van der Waals surface area (Å²) < 4.78 is 28.1. The fourth-order valence-corrected chi connectivity index (χ4v) is 3.70. The summed E-state index contributed by atoms with van der Waals surface area (Å²) in [6.07, 6.45) is 0.890. The summed E-state index contributed by atoms with van der Waals surface area (Å²) in [7, 11) is -2.19. The molecule has 2 aliphatic rings. The van der Waals surface area contributed by atoms with Crippen molar-refractivity contribution in [3.8, 4) is 0 Å². The first-order chi connectivity index (χ1) is 11.3. The molecule has 0 unspecified atom stereocenters. The summed E-state index contributed by atoms with van der Waals surface area (Å²) in [5, 5.41) is 16.4. The van der Waals surface area contributed by atoms with Gasteiger partial charge in [-0.3, -0.25) is 15.0 Å². The van der Waals surface area contributed by atoms with Gasteiger partial charge >= 0.3 is 0 Å². The Kier molecular flexibility index (Phi) is 4.47. The lowest BCUT2D eigenvalue weighted by Crippen LogP contribution is -2.49. The number of sulfonamides is 1. The van der Waals surface area contributed by atoms with Crippen molar-refractivity contribution in [3.05, 3.63) is 28.3 Å². The van der Waals surface area contributed by atoms with Crippen molar-refractivity contribution in [2.24, 2.45) is 5.14 Å². The lowest BCUT2D eigenvalue weighted by atomic mass is 10.1. The van der Waals surface area contributed by atoms with Gasteiger partial charge in [0.1, 0.15) is 5.69 Å². The Balaban J connectivity index is 1.84. The van der Waals surface area contributed by atoms with Crippen molar-refractivity contribution in [1.82, 2.24) is 4.90 Å². The molecule has 0 aromatic heterocycles. The number of hydrogen-bond acceptors (Lipinski definition) is 7. The van der Waals surface area contributed by atoms with Crippen molar-refractivity contribution in [3.63, 3.8) is 0 Å². The van der Waals surface area contributed by atoms with Gasteiger partial charge in [0.05, 0.1) is 29.1 Å². The smallest absolute Gasteiger partial charge is 0.293 e. The van der Waals surface area contributed by atoms with E-state index in [1.54, 1.807) is 7.05 Å². The number of nitrogens with two attached hydrogens (primary N) is 1. The largest absolute Gasteiger partial charge is 0.378 e. The van der Waals surface area contributed by atoms with E-state index >= 15 is 0 Å². The van der Waals surface area contributed by atoms with E-state index in [0.29, 0.717) is 11.7 Å². The first-order valence-electron chi connectivity index (χ1n) is 7.63. The van der Waals surface area contributed by atoms with E-state index in [9.17, 15) is 18.5 Å². The first kappa shape index (κ1) is 17.1. The van der Waals surface area contributed by atoms with Gasteiger partial charge in [0.2, 0.25) is 10.0 Å². The number of nitrogens with zero attached hydrogens (tertiary/aromatic N) is 3. The molecule has 3 rings (SSSR count). The van der Waals surface area contributed by atoms with Crippen LogP contribution < -0.4 is 10.0 Å². The summed E-state index contributed by atoms with van der Waals surface area (Å²) in [5.41, 5.74) is 0.138. The minimum absolute atomic E-state index is 0.129. The van der Waals surface area contributed by atoms with Crippen LogP contribution in [-0.2, 0) is 14.8 Å². The van der Waals surface area contributed by atoms with E-state index in [1.807, 2.05) is 4.90 Å². The molecular weight excluding hydrogens is 336 g/mol. The number of benzene rings is 1. The van der Waals surface area contributed by atoms with E-state index in [-0.39, 0.29) is 16.6 Å². The van der Waals surface area contributed by atoms with Crippen LogP contribution in [0.25, 0.3) is 0 Å². The Hall–Kier alpha value is -1.75. The highest BCUT2D eigenvalue weighted by molar-refractivity contribution is 7.89. The van der Waals surface area contributed by atoms with Gasteiger partial charge in [-0.15, -0.1) is 0 Å². The van der Waals surface area contributed by atoms with Gasteiger partial charge < -0.3 is 9.64 Å². The Bertz CT molecular complexity index is 750. The van der Waals surface area contributed by atoms with Crippen LogP contribution in [0.2, 0.25) is 0 Å². The molecule has 0 bridgehead atoms. The van der Waals surface area contributed by atoms with Crippen molar-refractivity contribution < 1.29 is 18.1 Å². The lowest BCUT2D eigenvalue weighted by Gasteiger charge is -2.35. The van der Waals surface area contributed by atoms with Gasteiger partial charge in [0, 0.05) is 32.2 Å². The minimum atomic E-state index is -3.98. The third-order valence-electron chi connectivity index (χ3n) is 4.73. The Morgan fingerprint density at radius 2 is 2.12 bits per heavy atom. The zero-order valence-electron chi connectivity index (χ0n) is 13.3. The van der Waals surface area contributed by atoms with Gasteiger partial charge in [-0.2, -0.15) is 0 Å². The number of anilines is 1. The molecule has 2 N–H and O–H groups in total. The van der Waals surface area contributed by atoms with Crippen LogP contribution in [0.1, 0.15) is 6.42 Å². The molecule has 0 radical (unpaired) electrons. The van der Waals surface area contributed by atoms with Gasteiger partial charge in [0.25, 0.3) is 5.69 Å². The van der Waals surface area contributed by atoms with Crippen molar-refractivity contribution >= 4 is 21.4 Å². The fraction of sp³-hybridized carbons (Fsp3) is 0.571. The van der Waals surface area contributed by atoms with Crippen LogP contribution in [-0.4, -0.2) is 63.7 Å². The molecule has 0 aliphatic carbocycles. The van der Waals surface area contributed by atoms with Crippen LogP contribution in [0.4, 0.5) is 11.4 Å². The molecule has 2 heterocycles. The van der Waals surface area contributed by atoms with E-state index in [4.69, 9.17) is 9.88 Å². The lowest BCUT2D eigenvalue weighted by molar-refractivity contribution is -0.384. The molecule has 1 atom stereocenters. The second-order valence-electron chi connectivity index (χ2n) is 6.19. The second-order valence-corrected chi connectivity index (χ2v) is 7.75. The molecule has 2 fully saturated rings. The predicted octanol–water partition coefficient (Wildman–Crippen LogP) is 0.152. The number of ether oxygens (including phenoxy) is 1. The summed E-state index contributed by atoms with van der Waals surface area (Å²) in [4.78, 5) is 14.7. The Morgan fingerprint density at radius 3 is 2.67 bits per heavy atom. The molecule has 24 heavy (non-hydrogen) atoms. The standard InChI is InChI=1S/C14H20N4O5S/c1-16(10-4-5-17(7-10)11-8-23-9-11)13-3-2-12(24(15,21)22)6-14(13)18(19)20/h2-3,6,10-11H,4-5,7-9H2,1H3,(H2,15,21,22)/t10-/m0/s1. The highest BCUT2D eigenvalue weighted by Crippen LogP contribution is 2.33. The molecule has 0 saturated carbocycles. The molecule has 10 heteroatoms. The molecule has 1 aromatic carbocycles. The number of likely N-dealkylation sites (N-methyl/N-ethyl adjacent to an activating group) is 1. The normalized spacial score (nSPS) is 22.3. The van der Waals surface area contributed by atoms with Crippen molar-refractivity contribution in [1.29, 1.82) is 0 Å². The summed E-state index contributed by atoms with van der Waals surface area (Å²) >= 11 is 0. The topological polar surface area (TPSA) is 119 Å². The number of nitro groups is 1.